The molecule has 0 radical (unpaired) electrons. The molecule has 0 aliphatic heterocycles. The van der Waals surface area contributed by atoms with Crippen LogP contribution in [0.2, 0.25) is 15.1 Å². The molecule has 18 heavy (non-hydrogen) atoms. The van der Waals surface area contributed by atoms with E-state index < -0.39 is 0 Å². The summed E-state index contributed by atoms with van der Waals surface area (Å²) in [5, 5.41) is 1.12. The van der Waals surface area contributed by atoms with Gasteiger partial charge < -0.3 is 5.73 Å². The van der Waals surface area contributed by atoms with Crippen molar-refractivity contribution >= 4 is 46.3 Å². The zero-order valence-electron chi connectivity index (χ0n) is 9.08. The second-order valence-electron chi connectivity index (χ2n) is 3.69. The maximum atomic E-state index is 12.2. The number of hydrogen-bond acceptors (Lipinski definition) is 2. The molecule has 2 N–H and O–H groups in total. The first-order chi connectivity index (χ1) is 8.49. The minimum absolute atomic E-state index is 0.224. The van der Waals surface area contributed by atoms with E-state index in [1.807, 2.05) is 0 Å². The number of nitrogens with two attached hydrogens (primary N) is 1. The number of carbonyl (C=O) groups is 1. The molecule has 0 atom stereocenters. The fraction of sp³-hybridized carbons (Fsp3) is 0. The molecule has 0 fully saturated rings. The molecule has 0 aromatic heterocycles. The molecule has 0 heterocycles. The van der Waals surface area contributed by atoms with Crippen LogP contribution in [0.4, 0.5) is 5.69 Å². The number of benzene rings is 2. The van der Waals surface area contributed by atoms with Gasteiger partial charge in [0.2, 0.25) is 0 Å². The van der Waals surface area contributed by atoms with E-state index in [2.05, 4.69) is 0 Å². The van der Waals surface area contributed by atoms with Crippen LogP contribution in [0.1, 0.15) is 15.9 Å². The average molecular weight is 301 g/mol. The Balaban J connectivity index is 2.44. The van der Waals surface area contributed by atoms with Gasteiger partial charge >= 0.3 is 0 Å². The van der Waals surface area contributed by atoms with Crippen molar-refractivity contribution in [2.24, 2.45) is 0 Å². The summed E-state index contributed by atoms with van der Waals surface area (Å²) in [4.78, 5) is 12.2. The normalized spacial score (nSPS) is 10.4. The topological polar surface area (TPSA) is 43.1 Å². The van der Waals surface area contributed by atoms with Gasteiger partial charge in [0.25, 0.3) is 0 Å². The Labute approximate surface area is 119 Å². The van der Waals surface area contributed by atoms with Crippen molar-refractivity contribution in [3.05, 3.63) is 62.6 Å². The third-order valence-corrected chi connectivity index (χ3v) is 3.31. The number of nitrogen functional groups attached to an aromatic ring is 1. The molecule has 5 heteroatoms. The Morgan fingerprint density at radius 2 is 1.67 bits per heavy atom. The second-order valence-corrected chi connectivity index (χ2v) is 4.94. The highest BCUT2D eigenvalue weighted by atomic mass is 35.5. The Morgan fingerprint density at radius 1 is 0.944 bits per heavy atom. The molecule has 92 valence electrons. The molecule has 2 rings (SSSR count). The van der Waals surface area contributed by atoms with Gasteiger partial charge in [0.05, 0.1) is 15.7 Å². The van der Waals surface area contributed by atoms with E-state index in [4.69, 9.17) is 40.5 Å². The predicted octanol–water partition coefficient (Wildman–Crippen LogP) is 4.46. The number of halogens is 3. The number of anilines is 1. The molecule has 2 aromatic rings. The summed E-state index contributed by atoms with van der Waals surface area (Å²) in [6.07, 6.45) is 0. The molecule has 2 aromatic carbocycles. The van der Waals surface area contributed by atoms with Crippen LogP contribution in [-0.2, 0) is 0 Å². The van der Waals surface area contributed by atoms with Gasteiger partial charge in [0.15, 0.2) is 5.78 Å². The highest BCUT2D eigenvalue weighted by Crippen LogP contribution is 2.26. The van der Waals surface area contributed by atoms with E-state index in [0.717, 1.165) is 0 Å². The Morgan fingerprint density at radius 3 is 2.28 bits per heavy atom. The molecule has 0 amide bonds. The van der Waals surface area contributed by atoms with E-state index in [0.29, 0.717) is 31.9 Å². The minimum Gasteiger partial charge on any atom is -0.398 e. The summed E-state index contributed by atoms with van der Waals surface area (Å²) in [5.74, 6) is -0.224. The van der Waals surface area contributed by atoms with Gasteiger partial charge in [-0.05, 0) is 36.4 Å². The Kier molecular flexibility index (Phi) is 3.81. The van der Waals surface area contributed by atoms with Gasteiger partial charge in [0, 0.05) is 16.1 Å². The maximum absolute atomic E-state index is 12.2. The minimum atomic E-state index is -0.224. The van der Waals surface area contributed by atoms with Crippen molar-refractivity contribution in [1.29, 1.82) is 0 Å². The van der Waals surface area contributed by atoms with E-state index in [1.54, 1.807) is 24.3 Å². The van der Waals surface area contributed by atoms with Crippen LogP contribution >= 0.6 is 34.8 Å². The first-order valence-electron chi connectivity index (χ1n) is 5.04. The standard InChI is InChI=1S/C13H8Cl3NO/c14-8-2-3-9(10(15)6-8)13(18)7-1-4-12(17)11(16)5-7/h1-6H,17H2. The van der Waals surface area contributed by atoms with Gasteiger partial charge in [-0.25, -0.2) is 0 Å². The monoisotopic (exact) mass is 299 g/mol. The van der Waals surface area contributed by atoms with Gasteiger partial charge in [0.1, 0.15) is 0 Å². The number of ketones is 1. The molecule has 0 aliphatic carbocycles. The molecular formula is C13H8Cl3NO. The quantitative estimate of drug-likeness (QED) is 0.657. The lowest BCUT2D eigenvalue weighted by molar-refractivity contribution is 0.103. The van der Waals surface area contributed by atoms with Crippen LogP contribution in [-0.4, -0.2) is 5.78 Å². The van der Waals surface area contributed by atoms with Crippen molar-refractivity contribution in [1.82, 2.24) is 0 Å². The van der Waals surface area contributed by atoms with Crippen LogP contribution in [0.3, 0.4) is 0 Å². The molecule has 2 nitrogen and oxygen atoms in total. The predicted molar refractivity (Wildman–Crippen MR) is 75.8 cm³/mol. The zero-order valence-corrected chi connectivity index (χ0v) is 11.4. The van der Waals surface area contributed by atoms with Crippen molar-refractivity contribution in [3.63, 3.8) is 0 Å². The summed E-state index contributed by atoms with van der Waals surface area (Å²) in [6.45, 7) is 0. The largest absolute Gasteiger partial charge is 0.398 e. The van der Waals surface area contributed by atoms with Crippen molar-refractivity contribution in [2.45, 2.75) is 0 Å². The first kappa shape index (κ1) is 13.2. The van der Waals surface area contributed by atoms with Crippen LogP contribution in [0, 0.1) is 0 Å². The highest BCUT2D eigenvalue weighted by Gasteiger charge is 2.14. The van der Waals surface area contributed by atoms with Crippen LogP contribution in [0.25, 0.3) is 0 Å². The summed E-state index contributed by atoms with van der Waals surface area (Å²) in [5.41, 5.74) is 6.82. The van der Waals surface area contributed by atoms with Crippen LogP contribution in [0.5, 0.6) is 0 Å². The third kappa shape index (κ3) is 2.61. The number of rotatable bonds is 2. The third-order valence-electron chi connectivity index (χ3n) is 2.44. The Hall–Kier alpha value is -1.22. The van der Waals surface area contributed by atoms with Crippen molar-refractivity contribution < 1.29 is 4.79 Å². The smallest absolute Gasteiger partial charge is 0.194 e. The average Bonchev–Trinajstić information content (AvgIpc) is 2.32. The van der Waals surface area contributed by atoms with E-state index >= 15 is 0 Å². The van der Waals surface area contributed by atoms with E-state index in [-0.39, 0.29) is 5.78 Å². The molecular weight excluding hydrogens is 293 g/mol. The SMILES string of the molecule is Nc1ccc(C(=O)c2ccc(Cl)cc2Cl)cc1Cl. The summed E-state index contributed by atoms with van der Waals surface area (Å²) < 4.78 is 0. The molecule has 0 unspecified atom stereocenters. The molecule has 0 saturated heterocycles. The van der Waals surface area contributed by atoms with Crippen molar-refractivity contribution in [3.8, 4) is 0 Å². The van der Waals surface area contributed by atoms with Gasteiger partial charge in [-0.2, -0.15) is 0 Å². The van der Waals surface area contributed by atoms with Crippen LogP contribution < -0.4 is 5.73 Å². The zero-order chi connectivity index (χ0) is 13.3. The molecule has 0 aliphatic rings. The fourth-order valence-corrected chi connectivity index (χ4v) is 2.17. The molecule has 0 bridgehead atoms. The molecule has 0 saturated carbocycles. The van der Waals surface area contributed by atoms with Crippen molar-refractivity contribution in [2.75, 3.05) is 5.73 Å². The second kappa shape index (κ2) is 5.19. The number of hydrogen-bond donors (Lipinski definition) is 1. The van der Waals surface area contributed by atoms with E-state index in [9.17, 15) is 4.79 Å². The van der Waals surface area contributed by atoms with Crippen LogP contribution in [0.15, 0.2) is 36.4 Å². The van der Waals surface area contributed by atoms with E-state index in [1.165, 1.54) is 12.1 Å². The summed E-state index contributed by atoms with van der Waals surface area (Å²) in [7, 11) is 0. The van der Waals surface area contributed by atoms with Gasteiger partial charge in [-0.3, -0.25) is 4.79 Å². The summed E-state index contributed by atoms with van der Waals surface area (Å²) in [6, 6.07) is 9.42. The lowest BCUT2D eigenvalue weighted by atomic mass is 10.0. The fourth-order valence-electron chi connectivity index (χ4n) is 1.50. The Bertz CT molecular complexity index is 626. The number of carbonyl (C=O) groups excluding carboxylic acids is 1. The van der Waals surface area contributed by atoms with Gasteiger partial charge in [-0.15, -0.1) is 0 Å². The summed E-state index contributed by atoms with van der Waals surface area (Å²) >= 11 is 17.6. The maximum Gasteiger partial charge on any atom is 0.194 e. The lowest BCUT2D eigenvalue weighted by Crippen LogP contribution is -2.02. The first-order valence-corrected chi connectivity index (χ1v) is 6.17. The molecule has 0 spiro atoms. The highest BCUT2D eigenvalue weighted by molar-refractivity contribution is 6.38. The van der Waals surface area contributed by atoms with Gasteiger partial charge in [-0.1, -0.05) is 34.8 Å². The lowest BCUT2D eigenvalue weighted by Gasteiger charge is -2.05.